The molecule has 0 amide bonds. The van der Waals surface area contributed by atoms with E-state index in [2.05, 4.69) is 0 Å². The fourth-order valence-electron chi connectivity index (χ4n) is 3.70. The van der Waals surface area contributed by atoms with Crippen LogP contribution in [0.25, 0.3) is 0 Å². The first kappa shape index (κ1) is 20.4. The van der Waals surface area contributed by atoms with Crippen molar-refractivity contribution >= 4 is 0 Å². The van der Waals surface area contributed by atoms with E-state index in [1.807, 2.05) is 0 Å². The van der Waals surface area contributed by atoms with E-state index < -0.39 is 37.0 Å². The van der Waals surface area contributed by atoms with Gasteiger partial charge >= 0.3 is 0 Å². The highest BCUT2D eigenvalue weighted by molar-refractivity contribution is 4.79. The molecule has 3 aliphatic heterocycles. The second kappa shape index (κ2) is 9.72. The van der Waals surface area contributed by atoms with Crippen LogP contribution in [0.5, 0.6) is 0 Å². The van der Waals surface area contributed by atoms with Gasteiger partial charge in [-0.25, -0.2) is 0 Å². The van der Waals surface area contributed by atoms with E-state index in [4.69, 9.17) is 23.7 Å². The highest BCUT2D eigenvalue weighted by atomic mass is 16.7. The van der Waals surface area contributed by atoms with Crippen molar-refractivity contribution in [1.82, 2.24) is 0 Å². The second-order valence-electron chi connectivity index (χ2n) is 7.28. The maximum Gasteiger partial charge on any atom is 0.161 e. The van der Waals surface area contributed by atoms with Gasteiger partial charge in [0, 0.05) is 32.1 Å². The van der Waals surface area contributed by atoms with Gasteiger partial charge in [-0.05, 0) is 0 Å². The van der Waals surface area contributed by atoms with Gasteiger partial charge in [-0.2, -0.15) is 0 Å². The Labute approximate surface area is 152 Å². The van der Waals surface area contributed by atoms with Crippen LogP contribution in [0.4, 0.5) is 0 Å². The lowest BCUT2D eigenvalue weighted by atomic mass is 10.0. The fourth-order valence-corrected chi connectivity index (χ4v) is 3.70. The SMILES string of the molecule is OC[C@H]1C[C@@H](O)C[C@@H](O[C@@H]2C[C@H](CO)O[C@H](O[C@H]3COC[C@@H](O)C3)C2)O1. The van der Waals surface area contributed by atoms with Crippen LogP contribution in [0.1, 0.15) is 32.1 Å². The maximum absolute atomic E-state index is 9.90. The number of ether oxygens (including phenoxy) is 5. The van der Waals surface area contributed by atoms with Gasteiger partial charge in [0.25, 0.3) is 0 Å². The Morgan fingerprint density at radius 1 is 0.692 bits per heavy atom. The summed E-state index contributed by atoms with van der Waals surface area (Å²) in [4.78, 5) is 0. The summed E-state index contributed by atoms with van der Waals surface area (Å²) < 4.78 is 28.5. The number of aliphatic hydroxyl groups is 4. The van der Waals surface area contributed by atoms with Crippen molar-refractivity contribution in [2.45, 2.75) is 81.3 Å². The molecule has 8 atom stereocenters. The van der Waals surface area contributed by atoms with Gasteiger partial charge < -0.3 is 44.1 Å². The third kappa shape index (κ3) is 5.82. The first-order valence-corrected chi connectivity index (χ1v) is 9.33. The number of rotatable bonds is 6. The molecule has 0 spiro atoms. The Morgan fingerprint density at radius 3 is 2.04 bits per heavy atom. The molecule has 0 radical (unpaired) electrons. The summed E-state index contributed by atoms with van der Waals surface area (Å²) in [6, 6.07) is 0. The summed E-state index contributed by atoms with van der Waals surface area (Å²) in [6.07, 6.45) is -1.58. The molecule has 152 valence electrons. The molecule has 0 aromatic rings. The van der Waals surface area contributed by atoms with Gasteiger partial charge in [-0.1, -0.05) is 0 Å². The third-order valence-corrected chi connectivity index (χ3v) is 4.91. The lowest BCUT2D eigenvalue weighted by Crippen LogP contribution is -2.46. The Hall–Kier alpha value is -0.360. The van der Waals surface area contributed by atoms with Crippen LogP contribution >= 0.6 is 0 Å². The molecule has 3 aliphatic rings. The van der Waals surface area contributed by atoms with Gasteiger partial charge in [-0.3, -0.25) is 0 Å². The fraction of sp³-hybridized carbons (Fsp3) is 1.00. The topological polar surface area (TPSA) is 127 Å². The molecule has 9 heteroatoms. The first-order chi connectivity index (χ1) is 12.6. The van der Waals surface area contributed by atoms with Crippen molar-refractivity contribution in [3.05, 3.63) is 0 Å². The van der Waals surface area contributed by atoms with E-state index in [1.165, 1.54) is 0 Å². The van der Waals surface area contributed by atoms with Crippen LogP contribution in [0.3, 0.4) is 0 Å². The van der Waals surface area contributed by atoms with E-state index in [9.17, 15) is 20.4 Å². The monoisotopic (exact) mass is 378 g/mol. The zero-order valence-corrected chi connectivity index (χ0v) is 14.8. The van der Waals surface area contributed by atoms with Gasteiger partial charge in [0.1, 0.15) is 0 Å². The Morgan fingerprint density at radius 2 is 1.35 bits per heavy atom. The van der Waals surface area contributed by atoms with Crippen molar-refractivity contribution in [2.75, 3.05) is 26.4 Å². The quantitative estimate of drug-likeness (QED) is 0.455. The largest absolute Gasteiger partial charge is 0.394 e. The Balaban J connectivity index is 1.53. The summed E-state index contributed by atoms with van der Waals surface area (Å²) >= 11 is 0. The van der Waals surface area contributed by atoms with Crippen LogP contribution in [0.2, 0.25) is 0 Å². The Bertz CT molecular complexity index is 423. The summed E-state index contributed by atoms with van der Waals surface area (Å²) in [5.74, 6) is 0. The molecule has 3 saturated heterocycles. The zero-order valence-electron chi connectivity index (χ0n) is 14.8. The number of hydrogen-bond donors (Lipinski definition) is 4. The summed E-state index contributed by atoms with van der Waals surface area (Å²) in [6.45, 7) is 0.378. The minimum atomic E-state index is -0.612. The number of hydrogen-bond acceptors (Lipinski definition) is 9. The van der Waals surface area contributed by atoms with Crippen LogP contribution in [-0.2, 0) is 23.7 Å². The lowest BCUT2D eigenvalue weighted by Gasteiger charge is -2.40. The Kier molecular flexibility index (Phi) is 7.62. The third-order valence-electron chi connectivity index (χ3n) is 4.91. The molecule has 9 nitrogen and oxygen atoms in total. The van der Waals surface area contributed by atoms with E-state index in [-0.39, 0.29) is 25.4 Å². The normalized spacial score (nSPS) is 44.8. The average Bonchev–Trinajstić information content (AvgIpc) is 2.61. The predicted octanol–water partition coefficient (Wildman–Crippen LogP) is -1.11. The first-order valence-electron chi connectivity index (χ1n) is 9.33. The van der Waals surface area contributed by atoms with Crippen molar-refractivity contribution in [3.8, 4) is 0 Å². The van der Waals surface area contributed by atoms with Crippen molar-refractivity contribution in [2.24, 2.45) is 0 Å². The highest BCUT2D eigenvalue weighted by Gasteiger charge is 2.37. The molecule has 26 heavy (non-hydrogen) atoms. The molecular weight excluding hydrogens is 348 g/mol. The van der Waals surface area contributed by atoms with E-state index in [0.717, 1.165) is 0 Å². The van der Waals surface area contributed by atoms with Crippen molar-refractivity contribution in [1.29, 1.82) is 0 Å². The van der Waals surface area contributed by atoms with Crippen LogP contribution in [-0.4, -0.2) is 96.1 Å². The molecule has 3 fully saturated rings. The molecule has 0 bridgehead atoms. The molecule has 0 unspecified atom stereocenters. The van der Waals surface area contributed by atoms with Crippen LogP contribution < -0.4 is 0 Å². The van der Waals surface area contributed by atoms with E-state index >= 15 is 0 Å². The smallest absolute Gasteiger partial charge is 0.161 e. The van der Waals surface area contributed by atoms with Crippen molar-refractivity contribution in [3.63, 3.8) is 0 Å². The molecular formula is C17H30O9. The van der Waals surface area contributed by atoms with E-state index in [0.29, 0.717) is 45.3 Å². The molecule has 0 saturated carbocycles. The standard InChI is InChI=1S/C17H30O9/c18-6-13-1-10(20)3-16(24-13)23-12-4-14(7-19)25-17(5-12)26-15-2-11(21)8-22-9-15/h10-21H,1-9H2/t10-,11+,12-,13-,14-,15-,16+,17-/m1/s1. The molecule has 3 heterocycles. The zero-order chi connectivity index (χ0) is 18.5. The minimum Gasteiger partial charge on any atom is -0.394 e. The molecule has 4 N–H and O–H groups in total. The summed E-state index contributed by atoms with van der Waals surface area (Å²) in [7, 11) is 0. The molecule has 0 aliphatic carbocycles. The van der Waals surface area contributed by atoms with Gasteiger partial charge in [0.15, 0.2) is 12.6 Å². The lowest BCUT2D eigenvalue weighted by molar-refractivity contribution is -0.289. The van der Waals surface area contributed by atoms with Crippen LogP contribution in [0, 0.1) is 0 Å². The van der Waals surface area contributed by atoms with Gasteiger partial charge in [-0.15, -0.1) is 0 Å². The minimum absolute atomic E-state index is 0.156. The number of aliphatic hydroxyl groups excluding tert-OH is 4. The molecule has 3 rings (SSSR count). The van der Waals surface area contributed by atoms with Gasteiger partial charge in [0.05, 0.1) is 63.1 Å². The summed E-state index contributed by atoms with van der Waals surface area (Å²) in [5, 5.41) is 38.3. The van der Waals surface area contributed by atoms with E-state index in [1.54, 1.807) is 0 Å². The maximum atomic E-state index is 9.90. The highest BCUT2D eigenvalue weighted by Crippen LogP contribution is 2.29. The van der Waals surface area contributed by atoms with Crippen molar-refractivity contribution < 1.29 is 44.1 Å². The van der Waals surface area contributed by atoms with Gasteiger partial charge in [0.2, 0.25) is 0 Å². The average molecular weight is 378 g/mol. The second-order valence-corrected chi connectivity index (χ2v) is 7.28. The predicted molar refractivity (Wildman–Crippen MR) is 87.2 cm³/mol. The molecule has 0 aromatic heterocycles. The molecule has 0 aromatic carbocycles. The van der Waals surface area contributed by atoms with Crippen LogP contribution in [0.15, 0.2) is 0 Å². The summed E-state index contributed by atoms with van der Waals surface area (Å²) in [5.41, 5.74) is 0.